The van der Waals surface area contributed by atoms with Crippen molar-refractivity contribution in [1.82, 2.24) is 0 Å². The van der Waals surface area contributed by atoms with Crippen LogP contribution in [-0.4, -0.2) is 0 Å². The summed E-state index contributed by atoms with van der Waals surface area (Å²) in [7, 11) is 0. The summed E-state index contributed by atoms with van der Waals surface area (Å²) in [4.78, 5) is 12.6. The van der Waals surface area contributed by atoms with Gasteiger partial charge < -0.3 is 4.42 Å². The van der Waals surface area contributed by atoms with Gasteiger partial charge in [0.1, 0.15) is 5.58 Å². The quantitative estimate of drug-likeness (QED) is 0.421. The minimum atomic E-state index is -0.346. The predicted molar refractivity (Wildman–Crippen MR) is 98.0 cm³/mol. The lowest BCUT2D eigenvalue weighted by Gasteiger charge is -2.10. The second kappa shape index (κ2) is 6.60. The van der Waals surface area contributed by atoms with E-state index in [1.165, 1.54) is 17.8 Å². The lowest BCUT2D eigenvalue weighted by molar-refractivity contribution is 0.559. The van der Waals surface area contributed by atoms with Crippen LogP contribution in [0.3, 0.4) is 0 Å². The molecule has 0 saturated heterocycles. The Hall–Kier alpha value is -1.42. The molecule has 0 aliphatic rings. The molecule has 0 amide bonds. The maximum atomic E-state index is 11.8. The molecule has 0 fully saturated rings. The molecule has 3 rings (SSSR count). The van der Waals surface area contributed by atoms with Gasteiger partial charge in [0.25, 0.3) is 0 Å². The van der Waals surface area contributed by atoms with E-state index in [1.54, 1.807) is 12.1 Å². The van der Waals surface area contributed by atoms with Gasteiger partial charge in [0.2, 0.25) is 0 Å². The Labute approximate surface area is 148 Å². The van der Waals surface area contributed by atoms with E-state index in [0.717, 1.165) is 27.0 Å². The molecule has 0 atom stereocenters. The largest absolute Gasteiger partial charge is 0.423 e. The zero-order chi connectivity index (χ0) is 16.6. The molecule has 118 valence electrons. The van der Waals surface area contributed by atoms with E-state index in [1.807, 2.05) is 26.0 Å². The Morgan fingerprint density at radius 2 is 1.70 bits per heavy atom. The number of halogens is 2. The SMILES string of the molecule is Cc1cc2oc(=O)cc(CSc3c(Cl)cccc3Cl)c2cc1C. The highest BCUT2D eigenvalue weighted by atomic mass is 35.5. The van der Waals surface area contributed by atoms with Gasteiger partial charge in [-0.05, 0) is 54.8 Å². The molecular weight excluding hydrogens is 351 g/mol. The molecule has 1 heterocycles. The van der Waals surface area contributed by atoms with E-state index in [2.05, 4.69) is 6.07 Å². The normalized spacial score (nSPS) is 11.1. The van der Waals surface area contributed by atoms with Crippen molar-refractivity contribution >= 4 is 45.9 Å². The first-order chi connectivity index (χ1) is 11.0. The van der Waals surface area contributed by atoms with Crippen LogP contribution in [0.5, 0.6) is 0 Å². The van der Waals surface area contributed by atoms with Crippen LogP contribution in [0.4, 0.5) is 0 Å². The van der Waals surface area contributed by atoms with Crippen molar-refractivity contribution < 1.29 is 4.42 Å². The van der Waals surface area contributed by atoms with Crippen molar-refractivity contribution in [3.63, 3.8) is 0 Å². The van der Waals surface area contributed by atoms with Crippen molar-refractivity contribution in [2.45, 2.75) is 24.5 Å². The Kier molecular flexibility index (Phi) is 4.72. The minimum Gasteiger partial charge on any atom is -0.423 e. The molecule has 0 aliphatic heterocycles. The van der Waals surface area contributed by atoms with E-state index in [0.29, 0.717) is 21.4 Å². The lowest BCUT2D eigenvalue weighted by atomic mass is 10.0. The Morgan fingerprint density at radius 1 is 1.04 bits per heavy atom. The summed E-state index contributed by atoms with van der Waals surface area (Å²) in [5.74, 6) is 0.591. The number of fused-ring (bicyclic) bond motifs is 1. The Morgan fingerprint density at radius 3 is 2.39 bits per heavy atom. The third-order valence-corrected chi connectivity index (χ3v) is 5.77. The number of benzene rings is 2. The third kappa shape index (κ3) is 3.42. The van der Waals surface area contributed by atoms with E-state index in [4.69, 9.17) is 27.6 Å². The smallest absolute Gasteiger partial charge is 0.336 e. The van der Waals surface area contributed by atoms with E-state index in [-0.39, 0.29) is 5.63 Å². The maximum Gasteiger partial charge on any atom is 0.336 e. The first-order valence-corrected chi connectivity index (χ1v) is 8.80. The van der Waals surface area contributed by atoms with Gasteiger partial charge in [-0.2, -0.15) is 0 Å². The fraction of sp³-hybridized carbons (Fsp3) is 0.167. The highest BCUT2D eigenvalue weighted by Crippen LogP contribution is 2.36. The van der Waals surface area contributed by atoms with Crippen LogP contribution in [-0.2, 0) is 5.75 Å². The third-order valence-electron chi connectivity index (χ3n) is 3.74. The highest BCUT2D eigenvalue weighted by molar-refractivity contribution is 7.98. The molecule has 0 saturated carbocycles. The topological polar surface area (TPSA) is 30.2 Å². The molecular formula is C18H14Cl2O2S. The van der Waals surface area contributed by atoms with Gasteiger partial charge in [0.05, 0.1) is 10.0 Å². The van der Waals surface area contributed by atoms with Crippen molar-refractivity contribution in [1.29, 1.82) is 0 Å². The first-order valence-electron chi connectivity index (χ1n) is 7.06. The van der Waals surface area contributed by atoms with Crippen LogP contribution < -0.4 is 5.63 Å². The van der Waals surface area contributed by atoms with Gasteiger partial charge in [-0.1, -0.05) is 29.3 Å². The van der Waals surface area contributed by atoms with Crippen molar-refractivity contribution in [2.75, 3.05) is 0 Å². The van der Waals surface area contributed by atoms with Crippen LogP contribution in [0.25, 0.3) is 11.0 Å². The molecule has 0 spiro atoms. The molecule has 2 aromatic carbocycles. The number of aryl methyl sites for hydroxylation is 2. The summed E-state index contributed by atoms with van der Waals surface area (Å²) in [6.07, 6.45) is 0. The number of hydrogen-bond acceptors (Lipinski definition) is 3. The summed E-state index contributed by atoms with van der Waals surface area (Å²) in [5, 5.41) is 2.17. The maximum absolute atomic E-state index is 11.8. The molecule has 0 aliphatic carbocycles. The molecule has 2 nitrogen and oxygen atoms in total. The summed E-state index contributed by atoms with van der Waals surface area (Å²) >= 11 is 13.9. The van der Waals surface area contributed by atoms with E-state index in [9.17, 15) is 4.79 Å². The van der Waals surface area contributed by atoms with Gasteiger partial charge in [0, 0.05) is 22.1 Å². The monoisotopic (exact) mass is 364 g/mol. The second-order valence-corrected chi connectivity index (χ2v) is 7.16. The van der Waals surface area contributed by atoms with Crippen LogP contribution in [0.15, 0.2) is 50.5 Å². The van der Waals surface area contributed by atoms with Crippen molar-refractivity contribution in [3.05, 3.63) is 73.6 Å². The van der Waals surface area contributed by atoms with Gasteiger partial charge >= 0.3 is 5.63 Å². The minimum absolute atomic E-state index is 0.346. The average Bonchev–Trinajstić information content (AvgIpc) is 2.48. The summed E-state index contributed by atoms with van der Waals surface area (Å²) in [6, 6.07) is 10.9. The van der Waals surface area contributed by atoms with Crippen LogP contribution in [0.2, 0.25) is 10.0 Å². The lowest BCUT2D eigenvalue weighted by Crippen LogP contribution is -2.00. The number of thioether (sulfide) groups is 1. The van der Waals surface area contributed by atoms with E-state index < -0.39 is 0 Å². The highest BCUT2D eigenvalue weighted by Gasteiger charge is 2.11. The summed E-state index contributed by atoms with van der Waals surface area (Å²) in [5.41, 5.74) is 3.44. The standard InChI is InChI=1S/C18H14Cl2O2S/c1-10-6-13-12(8-17(21)22-16(13)7-11(10)2)9-23-18-14(19)4-3-5-15(18)20/h3-8H,9H2,1-2H3. The number of rotatable bonds is 3. The van der Waals surface area contributed by atoms with Gasteiger partial charge in [-0.25, -0.2) is 4.79 Å². The fourth-order valence-corrected chi connectivity index (χ4v) is 4.05. The second-order valence-electron chi connectivity index (χ2n) is 5.36. The molecule has 0 radical (unpaired) electrons. The zero-order valence-corrected chi connectivity index (χ0v) is 15.0. The van der Waals surface area contributed by atoms with Crippen molar-refractivity contribution in [2.24, 2.45) is 0 Å². The molecule has 0 N–H and O–H groups in total. The average molecular weight is 365 g/mol. The van der Waals surface area contributed by atoms with Gasteiger partial charge in [-0.3, -0.25) is 0 Å². The van der Waals surface area contributed by atoms with Crippen LogP contribution in [0.1, 0.15) is 16.7 Å². The number of hydrogen-bond donors (Lipinski definition) is 0. The first kappa shape index (κ1) is 16.4. The zero-order valence-electron chi connectivity index (χ0n) is 12.7. The molecule has 0 bridgehead atoms. The summed E-state index contributed by atoms with van der Waals surface area (Å²) in [6.45, 7) is 4.04. The van der Waals surface area contributed by atoms with Crippen LogP contribution in [0, 0.1) is 13.8 Å². The summed E-state index contributed by atoms with van der Waals surface area (Å²) < 4.78 is 5.32. The van der Waals surface area contributed by atoms with E-state index >= 15 is 0 Å². The fourth-order valence-electron chi connectivity index (χ4n) is 2.37. The molecule has 3 aromatic rings. The Bertz CT molecular complexity index is 927. The Balaban J connectivity index is 2.03. The van der Waals surface area contributed by atoms with Crippen molar-refractivity contribution in [3.8, 4) is 0 Å². The molecule has 0 unspecified atom stereocenters. The molecule has 1 aromatic heterocycles. The van der Waals surface area contributed by atoms with Gasteiger partial charge in [-0.15, -0.1) is 11.8 Å². The predicted octanol–water partition coefficient (Wildman–Crippen LogP) is 6.01. The molecule has 5 heteroatoms. The van der Waals surface area contributed by atoms with Gasteiger partial charge in [0.15, 0.2) is 0 Å². The molecule has 23 heavy (non-hydrogen) atoms. The van der Waals surface area contributed by atoms with Crippen LogP contribution >= 0.6 is 35.0 Å².